The molecular formula is C22H21N5O2. The molecule has 0 bridgehead atoms. The first kappa shape index (κ1) is 18.8. The van der Waals surface area contributed by atoms with Crippen molar-refractivity contribution >= 4 is 22.3 Å². The van der Waals surface area contributed by atoms with E-state index < -0.39 is 0 Å². The molecule has 3 aromatic rings. The van der Waals surface area contributed by atoms with Gasteiger partial charge in [-0.1, -0.05) is 12.1 Å². The van der Waals surface area contributed by atoms with Gasteiger partial charge in [0.25, 0.3) is 5.69 Å². The van der Waals surface area contributed by atoms with Crippen LogP contribution in [0.2, 0.25) is 0 Å². The summed E-state index contributed by atoms with van der Waals surface area (Å²) in [4.78, 5) is 20.1. The highest BCUT2D eigenvalue weighted by atomic mass is 16.6. The summed E-state index contributed by atoms with van der Waals surface area (Å²) in [5.74, 6) is 0. The van der Waals surface area contributed by atoms with E-state index in [-0.39, 0.29) is 10.6 Å². The molecule has 1 aliphatic rings. The van der Waals surface area contributed by atoms with Crippen molar-refractivity contribution in [2.45, 2.75) is 13.0 Å². The van der Waals surface area contributed by atoms with Crippen LogP contribution in [-0.2, 0) is 6.54 Å². The summed E-state index contributed by atoms with van der Waals surface area (Å²) < 4.78 is 0. The number of anilines is 1. The minimum absolute atomic E-state index is 0.0918. The number of fused-ring (bicyclic) bond motifs is 1. The molecule has 0 N–H and O–H groups in total. The Kier molecular flexibility index (Phi) is 5.36. The highest BCUT2D eigenvalue weighted by Gasteiger charge is 2.21. The van der Waals surface area contributed by atoms with Crippen molar-refractivity contribution < 1.29 is 4.92 Å². The number of nitro benzene ring substituents is 1. The summed E-state index contributed by atoms with van der Waals surface area (Å²) in [5, 5.41) is 20.9. The molecule has 0 radical (unpaired) electrons. The van der Waals surface area contributed by atoms with Crippen LogP contribution >= 0.6 is 0 Å². The summed E-state index contributed by atoms with van der Waals surface area (Å²) in [6.07, 6.45) is 2.69. The average molecular weight is 387 g/mol. The maximum Gasteiger partial charge on any atom is 0.278 e. The van der Waals surface area contributed by atoms with Gasteiger partial charge in [-0.3, -0.25) is 20.0 Å². The first-order chi connectivity index (χ1) is 14.2. The third-order valence-electron chi connectivity index (χ3n) is 5.34. The lowest BCUT2D eigenvalue weighted by Crippen LogP contribution is -2.30. The predicted molar refractivity (Wildman–Crippen MR) is 112 cm³/mol. The van der Waals surface area contributed by atoms with Gasteiger partial charge in [0.2, 0.25) is 0 Å². The van der Waals surface area contributed by atoms with Gasteiger partial charge >= 0.3 is 0 Å². The van der Waals surface area contributed by atoms with Gasteiger partial charge in [-0.25, -0.2) is 0 Å². The summed E-state index contributed by atoms with van der Waals surface area (Å²) in [6, 6.07) is 16.8. The van der Waals surface area contributed by atoms with Gasteiger partial charge in [-0.2, -0.15) is 5.26 Å². The highest BCUT2D eigenvalue weighted by molar-refractivity contribution is 5.97. The molecule has 0 aliphatic carbocycles. The minimum Gasteiger partial charge on any atom is -0.368 e. The molecule has 0 unspecified atom stereocenters. The molecule has 2 aromatic carbocycles. The van der Waals surface area contributed by atoms with Crippen molar-refractivity contribution in [1.29, 1.82) is 5.26 Å². The largest absolute Gasteiger partial charge is 0.368 e. The lowest BCUT2D eigenvalue weighted by Gasteiger charge is -2.24. The molecule has 7 heteroatoms. The van der Waals surface area contributed by atoms with Crippen LogP contribution in [0.5, 0.6) is 0 Å². The van der Waals surface area contributed by atoms with Crippen molar-refractivity contribution in [3.63, 3.8) is 0 Å². The van der Waals surface area contributed by atoms with Crippen molar-refractivity contribution in [1.82, 2.24) is 9.88 Å². The number of benzene rings is 2. The molecule has 0 amide bonds. The fourth-order valence-corrected chi connectivity index (χ4v) is 3.87. The van der Waals surface area contributed by atoms with Crippen LogP contribution in [0, 0.1) is 21.4 Å². The van der Waals surface area contributed by atoms with Crippen LogP contribution in [0.15, 0.2) is 54.7 Å². The zero-order valence-electron chi connectivity index (χ0n) is 16.0. The fraction of sp³-hybridized carbons (Fsp3) is 0.273. The second-order valence-electron chi connectivity index (χ2n) is 7.19. The number of hydrogen-bond donors (Lipinski definition) is 0. The third kappa shape index (κ3) is 4.03. The van der Waals surface area contributed by atoms with E-state index in [4.69, 9.17) is 5.26 Å². The molecule has 146 valence electrons. The van der Waals surface area contributed by atoms with E-state index in [2.05, 4.69) is 20.9 Å². The Morgan fingerprint density at radius 2 is 1.90 bits per heavy atom. The average Bonchev–Trinajstić information content (AvgIpc) is 2.99. The SMILES string of the molecule is N#Cc1ccc(CN2CCCN(c3ccc([N+](=O)[O-])c4cccnc34)CC2)cc1. The standard InChI is InChI=1S/C22H21N5O2/c23-15-17-4-6-18(7-5-17)16-25-11-2-12-26(14-13-25)21-9-8-20(27(28)29)19-3-1-10-24-22(19)21/h1,3-10H,2,11-14,16H2. The fourth-order valence-electron chi connectivity index (χ4n) is 3.87. The van der Waals surface area contributed by atoms with Crippen molar-refractivity contribution in [2.24, 2.45) is 0 Å². The van der Waals surface area contributed by atoms with Crippen molar-refractivity contribution in [2.75, 3.05) is 31.1 Å². The summed E-state index contributed by atoms with van der Waals surface area (Å²) in [7, 11) is 0. The van der Waals surface area contributed by atoms with Crippen LogP contribution in [0.1, 0.15) is 17.5 Å². The number of nitro groups is 1. The molecule has 0 atom stereocenters. The molecule has 29 heavy (non-hydrogen) atoms. The van der Waals surface area contributed by atoms with Gasteiger partial charge in [0.15, 0.2) is 0 Å². The number of aromatic nitrogens is 1. The highest BCUT2D eigenvalue weighted by Crippen LogP contribution is 2.32. The second-order valence-corrected chi connectivity index (χ2v) is 7.19. The maximum absolute atomic E-state index is 11.4. The van der Waals surface area contributed by atoms with E-state index in [1.165, 1.54) is 5.56 Å². The van der Waals surface area contributed by atoms with Crippen LogP contribution in [-0.4, -0.2) is 41.0 Å². The first-order valence-electron chi connectivity index (χ1n) is 9.64. The van der Waals surface area contributed by atoms with E-state index in [9.17, 15) is 10.1 Å². The lowest BCUT2D eigenvalue weighted by atomic mass is 10.1. The summed E-state index contributed by atoms with van der Waals surface area (Å²) >= 11 is 0. The Bertz CT molecular complexity index is 1070. The van der Waals surface area contributed by atoms with E-state index in [0.717, 1.165) is 44.8 Å². The van der Waals surface area contributed by atoms with Crippen LogP contribution in [0.4, 0.5) is 11.4 Å². The van der Waals surface area contributed by atoms with Gasteiger partial charge in [0.05, 0.1) is 27.6 Å². The van der Waals surface area contributed by atoms with E-state index >= 15 is 0 Å². The Labute approximate surface area is 169 Å². The number of pyridine rings is 1. The normalized spacial score (nSPS) is 15.1. The molecule has 2 heterocycles. The van der Waals surface area contributed by atoms with Gasteiger partial charge in [-0.15, -0.1) is 0 Å². The molecule has 4 rings (SSSR count). The number of nitriles is 1. The van der Waals surface area contributed by atoms with Gasteiger partial charge in [0.1, 0.15) is 5.52 Å². The van der Waals surface area contributed by atoms with Crippen LogP contribution in [0.3, 0.4) is 0 Å². The number of hydrogen-bond acceptors (Lipinski definition) is 6. The molecular weight excluding hydrogens is 366 g/mol. The number of rotatable bonds is 4. The minimum atomic E-state index is -0.352. The zero-order valence-corrected chi connectivity index (χ0v) is 16.0. The quantitative estimate of drug-likeness (QED) is 0.501. The Morgan fingerprint density at radius 3 is 2.66 bits per heavy atom. The van der Waals surface area contributed by atoms with Crippen LogP contribution < -0.4 is 4.90 Å². The molecule has 0 saturated carbocycles. The van der Waals surface area contributed by atoms with E-state index in [1.807, 2.05) is 30.3 Å². The molecule has 7 nitrogen and oxygen atoms in total. The topological polar surface area (TPSA) is 86.3 Å². The molecule has 1 aliphatic heterocycles. The van der Waals surface area contributed by atoms with E-state index in [1.54, 1.807) is 24.4 Å². The Morgan fingerprint density at radius 1 is 1.07 bits per heavy atom. The number of non-ortho nitro benzene ring substituents is 1. The van der Waals surface area contributed by atoms with Gasteiger partial charge in [-0.05, 0) is 42.3 Å². The molecule has 1 saturated heterocycles. The molecule has 1 aromatic heterocycles. The predicted octanol–water partition coefficient (Wildman–Crippen LogP) is 3.73. The molecule has 0 spiro atoms. The molecule has 1 fully saturated rings. The Balaban J connectivity index is 1.52. The van der Waals surface area contributed by atoms with Gasteiger partial charge in [0, 0.05) is 45.0 Å². The summed E-state index contributed by atoms with van der Waals surface area (Å²) in [5.41, 5.74) is 3.59. The maximum atomic E-state index is 11.4. The second kappa shape index (κ2) is 8.25. The Hall–Kier alpha value is -3.50. The summed E-state index contributed by atoms with van der Waals surface area (Å²) in [6.45, 7) is 4.44. The van der Waals surface area contributed by atoms with Crippen molar-refractivity contribution in [3.8, 4) is 6.07 Å². The third-order valence-corrected chi connectivity index (χ3v) is 5.34. The number of nitrogens with zero attached hydrogens (tertiary/aromatic N) is 5. The van der Waals surface area contributed by atoms with Gasteiger partial charge < -0.3 is 4.90 Å². The van der Waals surface area contributed by atoms with E-state index in [0.29, 0.717) is 16.5 Å². The van der Waals surface area contributed by atoms with Crippen LogP contribution in [0.25, 0.3) is 10.9 Å². The lowest BCUT2D eigenvalue weighted by molar-refractivity contribution is -0.383. The van der Waals surface area contributed by atoms with Crippen molar-refractivity contribution in [3.05, 3.63) is 76.0 Å². The monoisotopic (exact) mass is 387 g/mol. The smallest absolute Gasteiger partial charge is 0.278 e. The zero-order chi connectivity index (χ0) is 20.2. The first-order valence-corrected chi connectivity index (χ1v) is 9.64.